The number of ether oxygens (including phenoxy) is 1. The number of hydrogen-bond donors (Lipinski definition) is 0. The molecule has 3 aromatic carbocycles. The number of fused-ring (bicyclic) bond motifs is 1. The van der Waals surface area contributed by atoms with Crippen molar-refractivity contribution < 1.29 is 18.7 Å². The first kappa shape index (κ1) is 21.6. The van der Waals surface area contributed by atoms with E-state index in [-0.39, 0.29) is 23.5 Å². The molecule has 1 aromatic heterocycles. The summed E-state index contributed by atoms with van der Waals surface area (Å²) >= 11 is 1.15. The largest absolute Gasteiger partial charge is 0.465 e. The Balaban J connectivity index is 1.65. The first-order valence-corrected chi connectivity index (χ1v) is 11.0. The van der Waals surface area contributed by atoms with Crippen LogP contribution in [0.15, 0.2) is 77.8 Å². The lowest BCUT2D eigenvalue weighted by Crippen LogP contribution is -2.23. The van der Waals surface area contributed by atoms with Crippen LogP contribution in [0.25, 0.3) is 10.2 Å². The van der Waals surface area contributed by atoms with Gasteiger partial charge in [0.2, 0.25) is 0 Å². The molecule has 5 nitrogen and oxygen atoms in total. The zero-order chi connectivity index (χ0) is 22.5. The summed E-state index contributed by atoms with van der Waals surface area (Å²) in [6.45, 7) is 1.69. The molecule has 1 heterocycles. The Kier molecular flexibility index (Phi) is 6.56. The van der Waals surface area contributed by atoms with Gasteiger partial charge in [-0.25, -0.2) is 4.39 Å². The lowest BCUT2D eigenvalue weighted by Gasteiger charge is -2.06. The highest BCUT2D eigenvalue weighted by molar-refractivity contribution is 7.16. The molecular formula is C25H21FN2O3S. The van der Waals surface area contributed by atoms with Crippen molar-refractivity contribution in [3.63, 3.8) is 0 Å². The monoisotopic (exact) mass is 448 g/mol. The lowest BCUT2D eigenvalue weighted by atomic mass is 10.0. The van der Waals surface area contributed by atoms with Crippen LogP contribution in [0.4, 0.5) is 4.39 Å². The summed E-state index contributed by atoms with van der Waals surface area (Å²) in [4.78, 5) is 29.3. The molecule has 0 aliphatic rings. The minimum absolute atomic E-state index is 0.213. The number of halogens is 1. The van der Waals surface area contributed by atoms with Crippen LogP contribution in [-0.4, -0.2) is 23.1 Å². The minimum Gasteiger partial charge on any atom is -0.465 e. The van der Waals surface area contributed by atoms with Gasteiger partial charge in [-0.2, -0.15) is 4.99 Å². The fourth-order valence-electron chi connectivity index (χ4n) is 3.40. The first-order valence-electron chi connectivity index (χ1n) is 10.2. The van der Waals surface area contributed by atoms with Crippen LogP contribution in [0.3, 0.4) is 0 Å². The number of carbonyl (C=O) groups is 2. The fourth-order valence-corrected chi connectivity index (χ4v) is 4.44. The number of thiazole rings is 1. The van der Waals surface area contributed by atoms with E-state index < -0.39 is 17.7 Å². The van der Waals surface area contributed by atoms with Gasteiger partial charge in [-0.1, -0.05) is 59.9 Å². The third-order valence-corrected chi connectivity index (χ3v) is 5.94. The lowest BCUT2D eigenvalue weighted by molar-refractivity contribution is -0.143. The normalized spacial score (nSPS) is 11.6. The molecule has 4 aromatic rings. The van der Waals surface area contributed by atoms with E-state index >= 15 is 0 Å². The number of benzene rings is 3. The van der Waals surface area contributed by atoms with Crippen LogP contribution >= 0.6 is 11.3 Å². The summed E-state index contributed by atoms with van der Waals surface area (Å²) in [6, 6.07) is 21.9. The van der Waals surface area contributed by atoms with Crippen molar-refractivity contribution in [1.82, 2.24) is 4.57 Å². The zero-order valence-electron chi connectivity index (χ0n) is 17.5. The van der Waals surface area contributed by atoms with E-state index in [4.69, 9.17) is 4.74 Å². The maximum Gasteiger partial charge on any atom is 0.326 e. The Morgan fingerprint density at radius 1 is 0.969 bits per heavy atom. The Morgan fingerprint density at radius 3 is 2.41 bits per heavy atom. The van der Waals surface area contributed by atoms with Gasteiger partial charge in [0.1, 0.15) is 12.4 Å². The molecule has 0 spiro atoms. The molecule has 7 heteroatoms. The highest BCUT2D eigenvalue weighted by Crippen LogP contribution is 2.21. The Bertz CT molecular complexity index is 1330. The second kappa shape index (κ2) is 9.70. The van der Waals surface area contributed by atoms with Crippen molar-refractivity contribution in [3.8, 4) is 0 Å². The Morgan fingerprint density at radius 2 is 1.69 bits per heavy atom. The fraction of sp³-hybridized carbons (Fsp3) is 0.160. The molecule has 0 unspecified atom stereocenters. The van der Waals surface area contributed by atoms with Crippen LogP contribution in [-0.2, 0) is 22.5 Å². The first-order chi connectivity index (χ1) is 15.5. The predicted octanol–water partition coefficient (Wildman–Crippen LogP) is 4.74. The van der Waals surface area contributed by atoms with Gasteiger partial charge in [-0.3, -0.25) is 9.59 Å². The average Bonchev–Trinajstić information content (AvgIpc) is 3.13. The van der Waals surface area contributed by atoms with E-state index in [1.165, 1.54) is 16.2 Å². The van der Waals surface area contributed by atoms with Gasteiger partial charge in [-0.05, 0) is 48.7 Å². The van der Waals surface area contributed by atoms with Crippen LogP contribution in [0.5, 0.6) is 0 Å². The molecule has 4 rings (SSSR count). The highest BCUT2D eigenvalue weighted by atomic mass is 32.1. The molecule has 162 valence electrons. The predicted molar refractivity (Wildman–Crippen MR) is 122 cm³/mol. The SMILES string of the molecule is CCOC(=O)Cn1c(=NC(=O)c2ccc(Cc3ccccc3)cc2)sc2cccc(F)c21. The zero-order valence-corrected chi connectivity index (χ0v) is 18.3. The van der Waals surface area contributed by atoms with Crippen molar-refractivity contribution in [2.24, 2.45) is 4.99 Å². The second-order valence-corrected chi connectivity index (χ2v) is 8.15. The van der Waals surface area contributed by atoms with E-state index in [1.54, 1.807) is 31.2 Å². The van der Waals surface area contributed by atoms with Crippen LogP contribution in [0.1, 0.15) is 28.4 Å². The molecule has 0 aliphatic heterocycles. The number of hydrogen-bond acceptors (Lipinski definition) is 4. The molecule has 0 saturated carbocycles. The van der Waals surface area contributed by atoms with Crippen molar-refractivity contribution in [2.45, 2.75) is 19.9 Å². The number of aromatic nitrogens is 1. The minimum atomic E-state index is -0.519. The summed E-state index contributed by atoms with van der Waals surface area (Å²) in [5.41, 5.74) is 2.91. The van der Waals surface area contributed by atoms with Crippen LogP contribution < -0.4 is 4.80 Å². The third kappa shape index (κ3) is 4.84. The molecule has 0 fully saturated rings. The topological polar surface area (TPSA) is 60.7 Å². The highest BCUT2D eigenvalue weighted by Gasteiger charge is 2.15. The molecule has 0 aliphatic carbocycles. The third-order valence-electron chi connectivity index (χ3n) is 4.89. The molecule has 0 bridgehead atoms. The van der Waals surface area contributed by atoms with Crippen molar-refractivity contribution in [1.29, 1.82) is 0 Å². The van der Waals surface area contributed by atoms with Gasteiger partial charge in [0.25, 0.3) is 5.91 Å². The maximum absolute atomic E-state index is 14.5. The van der Waals surface area contributed by atoms with E-state index in [1.807, 2.05) is 30.3 Å². The van der Waals surface area contributed by atoms with Gasteiger partial charge in [-0.15, -0.1) is 0 Å². The van der Waals surface area contributed by atoms with Gasteiger partial charge in [0.05, 0.1) is 16.8 Å². The van der Waals surface area contributed by atoms with Gasteiger partial charge < -0.3 is 9.30 Å². The summed E-state index contributed by atoms with van der Waals surface area (Å²) in [5.74, 6) is -1.46. The van der Waals surface area contributed by atoms with Crippen molar-refractivity contribution in [2.75, 3.05) is 6.61 Å². The molecular weight excluding hydrogens is 427 g/mol. The van der Waals surface area contributed by atoms with Crippen LogP contribution in [0, 0.1) is 5.82 Å². The van der Waals surface area contributed by atoms with Crippen LogP contribution in [0.2, 0.25) is 0 Å². The Hall–Kier alpha value is -3.58. The van der Waals surface area contributed by atoms with E-state index in [9.17, 15) is 14.0 Å². The molecule has 0 atom stereocenters. The molecule has 0 saturated heterocycles. The summed E-state index contributed by atoms with van der Waals surface area (Å²) in [7, 11) is 0. The number of carbonyl (C=O) groups excluding carboxylic acids is 2. The molecule has 32 heavy (non-hydrogen) atoms. The van der Waals surface area contributed by atoms with Gasteiger partial charge in [0.15, 0.2) is 4.80 Å². The van der Waals surface area contributed by atoms with E-state index in [0.717, 1.165) is 23.3 Å². The molecule has 0 radical (unpaired) electrons. The smallest absolute Gasteiger partial charge is 0.326 e. The quantitative estimate of drug-likeness (QED) is 0.401. The maximum atomic E-state index is 14.5. The Labute approximate surface area is 188 Å². The van der Waals surface area contributed by atoms with Gasteiger partial charge >= 0.3 is 5.97 Å². The number of para-hydroxylation sites is 1. The summed E-state index contributed by atoms with van der Waals surface area (Å²) in [6.07, 6.45) is 0.765. The summed E-state index contributed by atoms with van der Waals surface area (Å²) < 4.78 is 21.5. The number of amides is 1. The van der Waals surface area contributed by atoms with E-state index in [0.29, 0.717) is 10.3 Å². The second-order valence-electron chi connectivity index (χ2n) is 7.14. The molecule has 1 amide bonds. The average molecular weight is 449 g/mol. The summed E-state index contributed by atoms with van der Waals surface area (Å²) in [5, 5.41) is 0. The number of esters is 1. The number of rotatable bonds is 6. The molecule has 0 N–H and O–H groups in total. The van der Waals surface area contributed by atoms with Gasteiger partial charge in [0, 0.05) is 5.56 Å². The van der Waals surface area contributed by atoms with E-state index in [2.05, 4.69) is 17.1 Å². The standard InChI is InChI=1S/C25H21FN2O3S/c1-2-31-22(29)16-28-23-20(26)9-6-10-21(23)32-25(28)27-24(30)19-13-11-18(12-14-19)15-17-7-4-3-5-8-17/h3-14H,2,15-16H2,1H3. The van der Waals surface area contributed by atoms with Crippen molar-refractivity contribution in [3.05, 3.63) is 100 Å². The number of nitrogens with zero attached hydrogens (tertiary/aromatic N) is 2. The van der Waals surface area contributed by atoms with Crippen molar-refractivity contribution >= 4 is 33.4 Å².